The van der Waals surface area contributed by atoms with Gasteiger partial charge in [-0.1, -0.05) is 30.3 Å². The SMILES string of the molecule is CSC1(CNC(c2ccccc2)C(F)(F)F)CC1. The van der Waals surface area contributed by atoms with Gasteiger partial charge >= 0.3 is 6.18 Å². The lowest BCUT2D eigenvalue weighted by Crippen LogP contribution is -2.38. The second-order valence-electron chi connectivity index (χ2n) is 4.65. The molecule has 18 heavy (non-hydrogen) atoms. The fourth-order valence-electron chi connectivity index (χ4n) is 1.95. The minimum Gasteiger partial charge on any atom is -0.301 e. The van der Waals surface area contributed by atoms with E-state index >= 15 is 0 Å². The first kappa shape index (κ1) is 13.7. The van der Waals surface area contributed by atoms with E-state index in [0.717, 1.165) is 12.8 Å². The fourth-order valence-corrected chi connectivity index (χ4v) is 2.69. The van der Waals surface area contributed by atoms with Gasteiger partial charge < -0.3 is 5.32 Å². The fraction of sp³-hybridized carbons (Fsp3) is 0.538. The Balaban J connectivity index is 2.07. The molecule has 1 aliphatic carbocycles. The summed E-state index contributed by atoms with van der Waals surface area (Å²) < 4.78 is 39.1. The van der Waals surface area contributed by atoms with Gasteiger partial charge in [0.2, 0.25) is 0 Å². The number of thioether (sulfide) groups is 1. The Morgan fingerprint density at radius 2 is 1.89 bits per heavy atom. The first-order valence-corrected chi connectivity index (χ1v) is 7.09. The molecule has 1 N–H and O–H groups in total. The monoisotopic (exact) mass is 275 g/mol. The van der Waals surface area contributed by atoms with Gasteiger partial charge in [-0.3, -0.25) is 0 Å². The van der Waals surface area contributed by atoms with Crippen molar-refractivity contribution in [2.45, 2.75) is 29.8 Å². The number of halogens is 3. The van der Waals surface area contributed by atoms with E-state index in [9.17, 15) is 13.2 Å². The maximum Gasteiger partial charge on any atom is 0.407 e. The Labute approximate surface area is 109 Å². The number of hydrogen-bond acceptors (Lipinski definition) is 2. The van der Waals surface area contributed by atoms with Crippen LogP contribution in [0.2, 0.25) is 0 Å². The smallest absolute Gasteiger partial charge is 0.301 e. The van der Waals surface area contributed by atoms with E-state index in [1.807, 2.05) is 6.26 Å². The molecule has 0 heterocycles. The van der Waals surface area contributed by atoms with Crippen LogP contribution in [0, 0.1) is 0 Å². The zero-order valence-corrected chi connectivity index (χ0v) is 10.9. The maximum atomic E-state index is 13.0. The molecule has 1 aromatic rings. The molecule has 1 fully saturated rings. The molecule has 0 radical (unpaired) electrons. The van der Waals surface area contributed by atoms with Crippen molar-refractivity contribution in [2.75, 3.05) is 12.8 Å². The van der Waals surface area contributed by atoms with Gasteiger partial charge in [0, 0.05) is 11.3 Å². The summed E-state index contributed by atoms with van der Waals surface area (Å²) in [5.74, 6) is 0. The summed E-state index contributed by atoms with van der Waals surface area (Å²) in [6.07, 6.45) is -0.295. The van der Waals surface area contributed by atoms with Crippen molar-refractivity contribution in [2.24, 2.45) is 0 Å². The van der Waals surface area contributed by atoms with Crippen LogP contribution in [0.15, 0.2) is 30.3 Å². The minimum atomic E-state index is -4.25. The van der Waals surface area contributed by atoms with Crippen LogP contribution in [0.3, 0.4) is 0 Å². The Kier molecular flexibility index (Phi) is 3.92. The van der Waals surface area contributed by atoms with Gasteiger partial charge in [-0.2, -0.15) is 24.9 Å². The van der Waals surface area contributed by atoms with E-state index in [0.29, 0.717) is 6.54 Å². The molecule has 1 atom stereocenters. The van der Waals surface area contributed by atoms with E-state index < -0.39 is 12.2 Å². The van der Waals surface area contributed by atoms with Crippen molar-refractivity contribution in [3.8, 4) is 0 Å². The average Bonchev–Trinajstić information content (AvgIpc) is 3.10. The molecular weight excluding hydrogens is 259 g/mol. The molecular formula is C13H16F3NS. The number of benzene rings is 1. The van der Waals surface area contributed by atoms with E-state index in [-0.39, 0.29) is 10.3 Å². The van der Waals surface area contributed by atoms with Crippen LogP contribution in [0.1, 0.15) is 24.4 Å². The van der Waals surface area contributed by atoms with Gasteiger partial charge in [-0.25, -0.2) is 0 Å². The van der Waals surface area contributed by atoms with Crippen LogP contribution in [-0.2, 0) is 0 Å². The maximum absolute atomic E-state index is 13.0. The third kappa shape index (κ3) is 3.20. The quantitative estimate of drug-likeness (QED) is 0.877. The van der Waals surface area contributed by atoms with Gasteiger partial charge in [0.25, 0.3) is 0 Å². The molecule has 0 bridgehead atoms. The third-order valence-corrected chi connectivity index (χ3v) is 4.75. The largest absolute Gasteiger partial charge is 0.407 e. The van der Waals surface area contributed by atoms with Crippen molar-refractivity contribution in [3.63, 3.8) is 0 Å². The van der Waals surface area contributed by atoms with E-state index in [4.69, 9.17) is 0 Å². The highest BCUT2D eigenvalue weighted by Crippen LogP contribution is 2.47. The third-order valence-electron chi connectivity index (χ3n) is 3.33. The summed E-state index contributed by atoms with van der Waals surface area (Å²) in [7, 11) is 0. The van der Waals surface area contributed by atoms with E-state index in [1.165, 1.54) is 12.1 Å². The highest BCUT2D eigenvalue weighted by molar-refractivity contribution is 8.00. The summed E-state index contributed by atoms with van der Waals surface area (Å²) in [6.45, 7) is 0.410. The van der Waals surface area contributed by atoms with Crippen LogP contribution in [-0.4, -0.2) is 23.7 Å². The molecule has 1 nitrogen and oxygen atoms in total. The number of nitrogens with one attached hydrogen (secondary N) is 1. The van der Waals surface area contributed by atoms with Gasteiger partial charge in [0.1, 0.15) is 6.04 Å². The summed E-state index contributed by atoms with van der Waals surface area (Å²) in [6, 6.07) is 6.46. The molecule has 1 aromatic carbocycles. The van der Waals surface area contributed by atoms with Crippen LogP contribution in [0.5, 0.6) is 0 Å². The molecule has 0 aliphatic heterocycles. The first-order chi connectivity index (χ1) is 8.47. The normalized spacial score (nSPS) is 19.6. The molecule has 0 saturated heterocycles. The van der Waals surface area contributed by atoms with E-state index in [2.05, 4.69) is 5.32 Å². The first-order valence-electron chi connectivity index (χ1n) is 5.87. The van der Waals surface area contributed by atoms with Gasteiger partial charge in [-0.05, 0) is 24.7 Å². The standard InChI is InChI=1S/C13H16F3NS/c1-18-12(7-8-12)9-17-11(13(14,15)16)10-5-3-2-4-6-10/h2-6,11,17H,7-9H2,1H3. The highest BCUT2D eigenvalue weighted by Gasteiger charge is 2.46. The van der Waals surface area contributed by atoms with Crippen LogP contribution >= 0.6 is 11.8 Å². The molecule has 2 rings (SSSR count). The number of rotatable bonds is 5. The van der Waals surface area contributed by atoms with Crippen molar-refractivity contribution in [3.05, 3.63) is 35.9 Å². The molecule has 0 aromatic heterocycles. The average molecular weight is 275 g/mol. The van der Waals surface area contributed by atoms with Crippen LogP contribution in [0.4, 0.5) is 13.2 Å². The molecule has 0 amide bonds. The molecule has 100 valence electrons. The van der Waals surface area contributed by atoms with Crippen LogP contribution in [0.25, 0.3) is 0 Å². The minimum absolute atomic E-state index is 0.0261. The Hall–Kier alpha value is -0.680. The Bertz CT molecular complexity index is 387. The van der Waals surface area contributed by atoms with E-state index in [1.54, 1.807) is 30.0 Å². The predicted molar refractivity (Wildman–Crippen MR) is 68.7 cm³/mol. The lowest BCUT2D eigenvalue weighted by atomic mass is 10.1. The molecule has 1 unspecified atom stereocenters. The van der Waals surface area contributed by atoms with Crippen molar-refractivity contribution < 1.29 is 13.2 Å². The van der Waals surface area contributed by atoms with Crippen molar-refractivity contribution >= 4 is 11.8 Å². The van der Waals surface area contributed by atoms with Crippen LogP contribution < -0.4 is 5.32 Å². The second-order valence-corrected chi connectivity index (χ2v) is 5.93. The lowest BCUT2D eigenvalue weighted by molar-refractivity contribution is -0.157. The predicted octanol–water partition coefficient (Wildman–Crippen LogP) is 3.78. The molecule has 1 saturated carbocycles. The number of alkyl halides is 3. The van der Waals surface area contributed by atoms with Gasteiger partial charge in [0.05, 0.1) is 0 Å². The topological polar surface area (TPSA) is 12.0 Å². The Morgan fingerprint density at radius 3 is 2.33 bits per heavy atom. The zero-order chi connectivity index (χ0) is 13.2. The van der Waals surface area contributed by atoms with Crippen molar-refractivity contribution in [1.29, 1.82) is 0 Å². The molecule has 5 heteroatoms. The van der Waals surface area contributed by atoms with Gasteiger partial charge in [-0.15, -0.1) is 0 Å². The summed E-state index contributed by atoms with van der Waals surface area (Å²) in [4.78, 5) is 0. The summed E-state index contributed by atoms with van der Waals surface area (Å²) in [5, 5.41) is 2.68. The summed E-state index contributed by atoms with van der Waals surface area (Å²) in [5.41, 5.74) is 0.280. The van der Waals surface area contributed by atoms with Crippen molar-refractivity contribution in [1.82, 2.24) is 5.32 Å². The highest BCUT2D eigenvalue weighted by atomic mass is 32.2. The van der Waals surface area contributed by atoms with Gasteiger partial charge in [0.15, 0.2) is 0 Å². The molecule has 0 spiro atoms. The molecule has 1 aliphatic rings. The second kappa shape index (κ2) is 5.13. The summed E-state index contributed by atoms with van der Waals surface area (Å²) >= 11 is 1.66. The number of hydrogen-bond donors (Lipinski definition) is 1. The lowest BCUT2D eigenvalue weighted by Gasteiger charge is -2.24. The zero-order valence-electron chi connectivity index (χ0n) is 10.1. The Morgan fingerprint density at radius 1 is 1.28 bits per heavy atom.